The van der Waals surface area contributed by atoms with Gasteiger partial charge in [-0.3, -0.25) is 4.79 Å². The average Bonchev–Trinajstić information content (AvgIpc) is 3.10. The van der Waals surface area contributed by atoms with E-state index < -0.39 is 0 Å². The molecule has 26 heavy (non-hydrogen) atoms. The van der Waals surface area contributed by atoms with Gasteiger partial charge >= 0.3 is 6.01 Å². The van der Waals surface area contributed by atoms with Crippen molar-refractivity contribution in [1.29, 1.82) is 0 Å². The Bertz CT molecular complexity index is 904. The minimum Gasteiger partial charge on any atom is -0.462 e. The molecule has 0 N–H and O–H groups in total. The number of aryl methyl sites for hydroxylation is 1. The molecule has 0 spiro atoms. The third-order valence-corrected chi connectivity index (χ3v) is 4.27. The normalized spacial score (nSPS) is 10.7. The molecule has 0 bridgehead atoms. The number of benzene rings is 2. The molecular formula is C20H20ClN3O2. The predicted molar refractivity (Wildman–Crippen MR) is 102 cm³/mol. The van der Waals surface area contributed by atoms with Gasteiger partial charge in [0.2, 0.25) is 0 Å². The first kappa shape index (κ1) is 18.1. The third-order valence-electron chi connectivity index (χ3n) is 3.94. The van der Waals surface area contributed by atoms with E-state index in [9.17, 15) is 4.79 Å². The molecular weight excluding hydrogens is 350 g/mol. The van der Waals surface area contributed by atoms with Crippen molar-refractivity contribution in [2.75, 3.05) is 6.61 Å². The van der Waals surface area contributed by atoms with Gasteiger partial charge in [-0.25, -0.2) is 0 Å². The summed E-state index contributed by atoms with van der Waals surface area (Å²) in [7, 11) is 0. The maximum atomic E-state index is 13.0. The van der Waals surface area contributed by atoms with E-state index in [4.69, 9.17) is 16.3 Å². The maximum Gasteiger partial charge on any atom is 0.336 e. The summed E-state index contributed by atoms with van der Waals surface area (Å²) < 4.78 is 6.78. The highest BCUT2D eigenvalue weighted by molar-refractivity contribution is 6.33. The van der Waals surface area contributed by atoms with E-state index in [1.807, 2.05) is 31.2 Å². The summed E-state index contributed by atoms with van der Waals surface area (Å²) in [6.07, 6.45) is 1.74. The molecule has 134 valence electrons. The highest BCUT2D eigenvalue weighted by atomic mass is 35.5. The summed E-state index contributed by atoms with van der Waals surface area (Å²) >= 11 is 6.30. The number of rotatable bonds is 6. The van der Waals surface area contributed by atoms with Crippen molar-refractivity contribution in [1.82, 2.24) is 14.8 Å². The van der Waals surface area contributed by atoms with Gasteiger partial charge in [-0.2, -0.15) is 9.67 Å². The van der Waals surface area contributed by atoms with Gasteiger partial charge in [0.1, 0.15) is 0 Å². The van der Waals surface area contributed by atoms with Crippen LogP contribution >= 0.6 is 11.6 Å². The molecule has 0 saturated carbocycles. The number of nitrogens with zero attached hydrogens (tertiary/aromatic N) is 3. The number of carbonyl (C=O) groups excluding carboxylic acids is 1. The molecule has 0 saturated heterocycles. The largest absolute Gasteiger partial charge is 0.462 e. The van der Waals surface area contributed by atoms with Gasteiger partial charge in [0.25, 0.3) is 5.91 Å². The molecule has 1 heterocycles. The highest BCUT2D eigenvalue weighted by Gasteiger charge is 2.21. The lowest BCUT2D eigenvalue weighted by Crippen LogP contribution is -2.15. The van der Waals surface area contributed by atoms with Crippen LogP contribution in [0, 0.1) is 0 Å². The lowest BCUT2D eigenvalue weighted by molar-refractivity contribution is 0.0944. The van der Waals surface area contributed by atoms with Crippen LogP contribution in [0.3, 0.4) is 0 Å². The minimum atomic E-state index is -0.276. The third kappa shape index (κ3) is 3.78. The van der Waals surface area contributed by atoms with Crippen LogP contribution in [0.25, 0.3) is 11.4 Å². The summed E-state index contributed by atoms with van der Waals surface area (Å²) in [5.74, 6) is 0.0905. The van der Waals surface area contributed by atoms with E-state index in [2.05, 4.69) is 17.0 Å². The molecule has 0 radical (unpaired) electrons. The van der Waals surface area contributed by atoms with Crippen LogP contribution < -0.4 is 4.74 Å². The fourth-order valence-corrected chi connectivity index (χ4v) is 2.73. The predicted octanol–water partition coefficient (Wildman–Crippen LogP) is 4.64. The zero-order chi connectivity index (χ0) is 18.5. The Balaban J connectivity index is 2.04. The van der Waals surface area contributed by atoms with Crippen LogP contribution in [-0.2, 0) is 6.42 Å². The second-order valence-corrected chi connectivity index (χ2v) is 6.22. The Morgan fingerprint density at radius 2 is 1.85 bits per heavy atom. The molecule has 0 aliphatic heterocycles. The quantitative estimate of drug-likeness (QED) is 0.635. The number of hydrogen-bond donors (Lipinski definition) is 0. The Hall–Kier alpha value is -2.66. The number of hydrogen-bond acceptors (Lipinski definition) is 4. The second-order valence-electron chi connectivity index (χ2n) is 5.81. The number of halogens is 1. The van der Waals surface area contributed by atoms with E-state index in [0.717, 1.165) is 12.8 Å². The van der Waals surface area contributed by atoms with E-state index >= 15 is 0 Å². The summed E-state index contributed by atoms with van der Waals surface area (Å²) in [5.41, 5.74) is 2.33. The summed E-state index contributed by atoms with van der Waals surface area (Å²) in [6, 6.07) is 14.9. The molecule has 0 aliphatic carbocycles. The van der Waals surface area contributed by atoms with Crippen molar-refractivity contribution in [3.8, 4) is 17.4 Å². The standard InChI is InChI=1S/C20H20ClN3O2/c1-3-13-26-20-22-18(16-7-5-6-8-17(16)21)24(23-20)19(25)15-11-9-14(4-2)10-12-15/h5-12H,3-4,13H2,1-2H3. The zero-order valence-electron chi connectivity index (χ0n) is 14.8. The van der Waals surface area contributed by atoms with E-state index in [-0.39, 0.29) is 11.9 Å². The first-order valence-corrected chi connectivity index (χ1v) is 9.00. The second kappa shape index (κ2) is 8.15. The molecule has 0 aliphatic rings. The lowest BCUT2D eigenvalue weighted by Gasteiger charge is -2.06. The lowest BCUT2D eigenvalue weighted by atomic mass is 10.1. The summed E-state index contributed by atoms with van der Waals surface area (Å²) in [4.78, 5) is 17.4. The van der Waals surface area contributed by atoms with Gasteiger partial charge in [-0.15, -0.1) is 5.10 Å². The van der Waals surface area contributed by atoms with Crippen molar-refractivity contribution in [3.05, 3.63) is 64.7 Å². The molecule has 3 rings (SSSR count). The van der Waals surface area contributed by atoms with Crippen LogP contribution in [0.2, 0.25) is 5.02 Å². The van der Waals surface area contributed by atoms with Gasteiger partial charge in [0.05, 0.1) is 11.6 Å². The topological polar surface area (TPSA) is 57.0 Å². The number of carbonyl (C=O) groups is 1. The Kier molecular flexibility index (Phi) is 5.68. The monoisotopic (exact) mass is 369 g/mol. The SMILES string of the molecule is CCCOc1nc(-c2ccccc2Cl)n(C(=O)c2ccc(CC)cc2)n1. The Labute approximate surface area is 157 Å². The first-order chi connectivity index (χ1) is 12.6. The molecule has 0 atom stereocenters. The van der Waals surface area contributed by atoms with Crippen molar-refractivity contribution < 1.29 is 9.53 Å². The highest BCUT2D eigenvalue weighted by Crippen LogP contribution is 2.28. The molecule has 0 fully saturated rings. The van der Waals surface area contributed by atoms with Crippen molar-refractivity contribution in [2.45, 2.75) is 26.7 Å². The zero-order valence-corrected chi connectivity index (χ0v) is 15.5. The van der Waals surface area contributed by atoms with Gasteiger partial charge in [-0.05, 0) is 42.7 Å². The van der Waals surface area contributed by atoms with Gasteiger partial charge < -0.3 is 4.74 Å². The van der Waals surface area contributed by atoms with E-state index in [1.54, 1.807) is 24.3 Å². The molecule has 6 heteroatoms. The Morgan fingerprint density at radius 3 is 2.50 bits per heavy atom. The van der Waals surface area contributed by atoms with Crippen LogP contribution in [0.1, 0.15) is 36.2 Å². The fourth-order valence-electron chi connectivity index (χ4n) is 2.51. The van der Waals surface area contributed by atoms with Gasteiger partial charge in [-0.1, -0.05) is 49.7 Å². The minimum absolute atomic E-state index is 0.167. The molecule has 5 nitrogen and oxygen atoms in total. The van der Waals surface area contributed by atoms with Crippen LogP contribution in [0.15, 0.2) is 48.5 Å². The summed E-state index contributed by atoms with van der Waals surface area (Å²) in [6.45, 7) is 4.54. The number of aromatic nitrogens is 3. The summed E-state index contributed by atoms with van der Waals surface area (Å²) in [5, 5.41) is 4.76. The molecule has 3 aromatic rings. The average molecular weight is 370 g/mol. The van der Waals surface area contributed by atoms with Crippen LogP contribution in [0.4, 0.5) is 0 Å². The molecule has 0 unspecified atom stereocenters. The first-order valence-electron chi connectivity index (χ1n) is 8.62. The van der Waals surface area contributed by atoms with Crippen LogP contribution in [-0.4, -0.2) is 27.3 Å². The van der Waals surface area contributed by atoms with Crippen molar-refractivity contribution in [3.63, 3.8) is 0 Å². The molecule has 0 amide bonds. The van der Waals surface area contributed by atoms with Crippen LogP contribution in [0.5, 0.6) is 6.01 Å². The number of ether oxygens (including phenoxy) is 1. The van der Waals surface area contributed by atoms with Crippen molar-refractivity contribution in [2.24, 2.45) is 0 Å². The van der Waals surface area contributed by atoms with Crippen molar-refractivity contribution >= 4 is 17.5 Å². The Morgan fingerprint density at radius 1 is 1.12 bits per heavy atom. The van der Waals surface area contributed by atoms with E-state index in [0.29, 0.717) is 28.6 Å². The molecule has 1 aromatic heterocycles. The maximum absolute atomic E-state index is 13.0. The van der Waals surface area contributed by atoms with Gasteiger partial charge in [0, 0.05) is 11.1 Å². The van der Waals surface area contributed by atoms with Gasteiger partial charge in [0.15, 0.2) is 5.82 Å². The molecule has 2 aromatic carbocycles. The fraction of sp³-hybridized carbons (Fsp3) is 0.250. The smallest absolute Gasteiger partial charge is 0.336 e. The van der Waals surface area contributed by atoms with E-state index in [1.165, 1.54) is 10.2 Å².